The lowest BCUT2D eigenvalue weighted by molar-refractivity contribution is 0.569. The van der Waals surface area contributed by atoms with Gasteiger partial charge in [0.05, 0.1) is 6.26 Å². The molecule has 0 saturated heterocycles. The molecule has 4 heterocycles. The molecule has 0 amide bonds. The van der Waals surface area contributed by atoms with E-state index in [9.17, 15) is 0 Å². The van der Waals surface area contributed by atoms with Crippen LogP contribution in [0.25, 0.3) is 55.0 Å². The predicted octanol–water partition coefficient (Wildman–Crippen LogP) is 14.4. The number of benzene rings is 6. The molecule has 0 atom stereocenters. The van der Waals surface area contributed by atoms with Gasteiger partial charge in [-0.3, -0.25) is 0 Å². The van der Waals surface area contributed by atoms with Crippen LogP contribution in [0, 0.1) is 13.8 Å². The molecule has 0 N–H and O–H groups in total. The zero-order valence-electron chi connectivity index (χ0n) is 38.2. The van der Waals surface area contributed by atoms with Crippen LogP contribution in [0.2, 0.25) is 0 Å². The molecule has 0 spiro atoms. The normalized spacial score (nSPS) is 14.1. The molecule has 4 heteroatoms. The Morgan fingerprint density at radius 1 is 0.533 bits per heavy atom. The molecule has 60 heavy (non-hydrogen) atoms. The molecular weight excluding hydrogens is 727 g/mol. The number of aryl methyl sites for hydroxylation is 2. The molecule has 10 rings (SSSR count). The summed E-state index contributed by atoms with van der Waals surface area (Å²) >= 11 is 0. The van der Waals surface area contributed by atoms with Crippen molar-refractivity contribution >= 4 is 67.6 Å². The molecule has 0 radical (unpaired) electrons. The Labute approximate surface area is 357 Å². The summed E-state index contributed by atoms with van der Waals surface area (Å²) in [5.41, 5.74) is 22.6. The fourth-order valence-electron chi connectivity index (χ4n) is 10.2. The summed E-state index contributed by atoms with van der Waals surface area (Å²) in [6, 6.07) is 38.2. The van der Waals surface area contributed by atoms with Gasteiger partial charge in [-0.05, 0) is 146 Å². The van der Waals surface area contributed by atoms with Crippen LogP contribution >= 0.6 is 0 Å². The number of furan rings is 1. The number of anilines is 3. The maximum atomic E-state index is 6.63. The molecule has 8 aromatic rings. The second kappa shape index (κ2) is 12.5. The smallest absolute Gasteiger partial charge is 0.333 e. The standard InChI is InChI=1S/C56H59BN2O/c1-32-16-15-17-33(2)48(32)34-18-20-44-46(24-34)58(40-27-37(54(6,7)8)26-38(28-40)55(9,10)11)47-25-35-22-23-60-52(35)49-43-31-39(56(12,13)14)30-42-41-29-36(53(3,4)5)19-21-45(41)59(51(42)43)57(44)50(47)49/h15-31H,1-14H3. The highest BCUT2D eigenvalue weighted by Crippen LogP contribution is 2.50. The molecule has 302 valence electrons. The van der Waals surface area contributed by atoms with Crippen molar-refractivity contribution in [2.75, 3.05) is 4.90 Å². The summed E-state index contributed by atoms with van der Waals surface area (Å²) in [5, 5.41) is 3.76. The first-order valence-electron chi connectivity index (χ1n) is 21.9. The Bertz CT molecular complexity index is 3060. The van der Waals surface area contributed by atoms with Crippen LogP contribution < -0.4 is 15.8 Å². The lowest BCUT2D eigenvalue weighted by Gasteiger charge is -2.41. The van der Waals surface area contributed by atoms with E-state index in [1.165, 1.54) is 105 Å². The van der Waals surface area contributed by atoms with Gasteiger partial charge in [0, 0.05) is 55.4 Å². The van der Waals surface area contributed by atoms with E-state index in [2.05, 4.69) is 203 Å². The highest BCUT2D eigenvalue weighted by Gasteiger charge is 2.45. The SMILES string of the molecule is Cc1cccc(C)c1-c1ccc2c(c1)N(c1cc(C(C)(C)C)cc(C(C)(C)C)c1)c1cc3ccoc3c3c1B2n1c2ccc(C(C)(C)C)cc2c2cc(C(C)(C)C)cc-3c21. The maximum Gasteiger partial charge on any atom is 0.333 e. The number of aromatic nitrogens is 1. The molecule has 0 saturated carbocycles. The Kier molecular flexibility index (Phi) is 8.09. The van der Waals surface area contributed by atoms with E-state index in [0.29, 0.717) is 0 Å². The lowest BCUT2D eigenvalue weighted by Crippen LogP contribution is -2.56. The molecule has 0 aliphatic carbocycles. The van der Waals surface area contributed by atoms with Gasteiger partial charge in [0.2, 0.25) is 0 Å². The molecule has 0 unspecified atom stereocenters. The van der Waals surface area contributed by atoms with Crippen molar-refractivity contribution < 1.29 is 4.42 Å². The van der Waals surface area contributed by atoms with Crippen molar-refractivity contribution in [3.05, 3.63) is 137 Å². The Morgan fingerprint density at radius 2 is 1.15 bits per heavy atom. The first kappa shape index (κ1) is 38.7. The van der Waals surface area contributed by atoms with Gasteiger partial charge in [-0.15, -0.1) is 0 Å². The third-order valence-corrected chi connectivity index (χ3v) is 13.7. The Hall–Kier alpha value is -5.48. The minimum absolute atomic E-state index is 0.0132. The predicted molar refractivity (Wildman–Crippen MR) is 259 cm³/mol. The summed E-state index contributed by atoms with van der Waals surface area (Å²) in [6.07, 6.45) is 1.89. The topological polar surface area (TPSA) is 21.3 Å². The van der Waals surface area contributed by atoms with Crippen LogP contribution in [0.1, 0.15) is 116 Å². The van der Waals surface area contributed by atoms with Crippen molar-refractivity contribution in [1.82, 2.24) is 4.48 Å². The second-order valence-electron chi connectivity index (χ2n) is 22.1. The first-order valence-corrected chi connectivity index (χ1v) is 21.9. The minimum atomic E-state index is -0.0795. The third-order valence-electron chi connectivity index (χ3n) is 13.7. The maximum absolute atomic E-state index is 6.63. The van der Waals surface area contributed by atoms with E-state index >= 15 is 0 Å². The Balaban J connectivity index is 1.40. The highest BCUT2D eigenvalue weighted by atomic mass is 16.3. The van der Waals surface area contributed by atoms with Crippen molar-refractivity contribution in [2.24, 2.45) is 0 Å². The summed E-state index contributed by atoms with van der Waals surface area (Å²) < 4.78 is 9.32. The van der Waals surface area contributed by atoms with Crippen LogP contribution in [0.15, 0.2) is 108 Å². The summed E-state index contributed by atoms with van der Waals surface area (Å²) in [5.74, 6) is 0. The molecule has 2 aromatic heterocycles. The van der Waals surface area contributed by atoms with Gasteiger partial charge >= 0.3 is 6.85 Å². The Morgan fingerprint density at radius 3 is 1.78 bits per heavy atom. The molecule has 0 fully saturated rings. The van der Waals surface area contributed by atoms with Crippen molar-refractivity contribution in [3.8, 4) is 22.3 Å². The number of hydrogen-bond donors (Lipinski definition) is 0. The highest BCUT2D eigenvalue weighted by molar-refractivity contribution is 6.90. The zero-order chi connectivity index (χ0) is 42.6. The largest absolute Gasteiger partial charge is 0.464 e. The fourth-order valence-corrected chi connectivity index (χ4v) is 10.2. The van der Waals surface area contributed by atoms with Crippen LogP contribution in [0.3, 0.4) is 0 Å². The zero-order valence-corrected chi connectivity index (χ0v) is 38.2. The monoisotopic (exact) mass is 786 g/mol. The van der Waals surface area contributed by atoms with Gasteiger partial charge in [0.25, 0.3) is 0 Å². The number of hydrogen-bond acceptors (Lipinski definition) is 2. The van der Waals surface area contributed by atoms with E-state index in [-0.39, 0.29) is 28.5 Å². The number of nitrogens with zero attached hydrogens (tertiary/aromatic N) is 2. The summed E-state index contributed by atoms with van der Waals surface area (Å²) in [6.45, 7) is 32.5. The van der Waals surface area contributed by atoms with Gasteiger partial charge in [-0.2, -0.15) is 0 Å². The van der Waals surface area contributed by atoms with Crippen molar-refractivity contribution in [2.45, 2.75) is 119 Å². The van der Waals surface area contributed by atoms with E-state index in [0.717, 1.165) is 11.0 Å². The third kappa shape index (κ3) is 5.69. The van der Waals surface area contributed by atoms with Crippen molar-refractivity contribution in [3.63, 3.8) is 0 Å². The first-order chi connectivity index (χ1) is 28.1. The molecule has 6 aromatic carbocycles. The number of fused-ring (bicyclic) bond motifs is 9. The average molecular weight is 787 g/mol. The lowest BCUT2D eigenvalue weighted by atomic mass is 9.45. The molecule has 2 aliphatic rings. The fraction of sp³-hybridized carbons (Fsp3) is 0.321. The second-order valence-corrected chi connectivity index (χ2v) is 22.1. The van der Waals surface area contributed by atoms with Gasteiger partial charge in [0.15, 0.2) is 0 Å². The minimum Gasteiger partial charge on any atom is -0.464 e. The molecular formula is C56H59BN2O. The van der Waals surface area contributed by atoms with E-state index in [1.807, 2.05) is 6.26 Å². The quantitative estimate of drug-likeness (QED) is 0.163. The van der Waals surface area contributed by atoms with Gasteiger partial charge in [0.1, 0.15) is 5.58 Å². The van der Waals surface area contributed by atoms with E-state index < -0.39 is 0 Å². The number of rotatable bonds is 2. The van der Waals surface area contributed by atoms with Gasteiger partial charge in [-0.25, -0.2) is 0 Å². The average Bonchev–Trinajstić information content (AvgIpc) is 3.77. The van der Waals surface area contributed by atoms with Crippen LogP contribution in [-0.4, -0.2) is 11.3 Å². The van der Waals surface area contributed by atoms with Crippen LogP contribution in [-0.2, 0) is 21.7 Å². The van der Waals surface area contributed by atoms with E-state index in [4.69, 9.17) is 4.42 Å². The van der Waals surface area contributed by atoms with Crippen LogP contribution in [0.5, 0.6) is 0 Å². The summed E-state index contributed by atoms with van der Waals surface area (Å²) in [7, 11) is 0. The molecule has 3 nitrogen and oxygen atoms in total. The van der Waals surface area contributed by atoms with Gasteiger partial charge < -0.3 is 13.8 Å². The van der Waals surface area contributed by atoms with Gasteiger partial charge in [-0.1, -0.05) is 126 Å². The van der Waals surface area contributed by atoms with Crippen LogP contribution in [0.4, 0.5) is 17.1 Å². The van der Waals surface area contributed by atoms with E-state index in [1.54, 1.807) is 0 Å². The van der Waals surface area contributed by atoms with Crippen molar-refractivity contribution in [1.29, 1.82) is 0 Å². The molecule has 2 aliphatic heterocycles. The molecule has 0 bridgehead atoms. The summed E-state index contributed by atoms with van der Waals surface area (Å²) in [4.78, 5) is 2.61.